The Morgan fingerprint density at radius 3 is 1.73 bits per heavy atom. The first-order chi connectivity index (χ1) is 37.4. The second-order valence-electron chi connectivity index (χ2n) is 24.2. The molecule has 7 nitrogen and oxygen atoms in total. The Labute approximate surface area is 470 Å². The zero-order valence-corrected chi connectivity index (χ0v) is 49.1. The first-order valence-corrected chi connectivity index (χ1v) is 29.0. The monoisotopic (exact) mass is 1050 g/mol. The van der Waals surface area contributed by atoms with Crippen molar-refractivity contribution >= 4 is 45.7 Å². The molecule has 0 radical (unpaired) electrons. The number of ether oxygens (including phenoxy) is 3. The van der Waals surface area contributed by atoms with Crippen molar-refractivity contribution in [1.29, 1.82) is 0 Å². The highest BCUT2D eigenvalue weighted by atomic mass is 16.5. The van der Waals surface area contributed by atoms with Gasteiger partial charge in [0.15, 0.2) is 0 Å². The van der Waals surface area contributed by atoms with E-state index in [1.807, 2.05) is 0 Å². The molecule has 0 fully saturated rings. The summed E-state index contributed by atoms with van der Waals surface area (Å²) in [5.74, 6) is 0.677. The molecule has 1 aliphatic carbocycles. The van der Waals surface area contributed by atoms with Crippen LogP contribution in [-0.4, -0.2) is 44.0 Å². The summed E-state index contributed by atoms with van der Waals surface area (Å²) in [6.45, 7) is 27.3. The van der Waals surface area contributed by atoms with E-state index in [0.29, 0.717) is 26.2 Å². The molecule has 6 aromatic rings. The van der Waals surface area contributed by atoms with Crippen molar-refractivity contribution in [3.63, 3.8) is 0 Å². The van der Waals surface area contributed by atoms with Gasteiger partial charge in [0, 0.05) is 47.1 Å². The van der Waals surface area contributed by atoms with E-state index >= 15 is 0 Å². The highest BCUT2D eigenvalue weighted by molar-refractivity contribution is 5.81. The van der Waals surface area contributed by atoms with Gasteiger partial charge in [0.05, 0.1) is 37.4 Å². The Kier molecular flexibility index (Phi) is 20.7. The van der Waals surface area contributed by atoms with Crippen LogP contribution in [0, 0.1) is 35.0 Å². The lowest BCUT2D eigenvalue weighted by Gasteiger charge is -2.53. The molecule has 1 N–H and O–H groups in total. The number of aryl methyl sites for hydroxylation is 1. The summed E-state index contributed by atoms with van der Waals surface area (Å²) in [4.78, 5) is 18.8. The first-order valence-electron chi connectivity index (χ1n) is 29.0. The van der Waals surface area contributed by atoms with E-state index in [0.717, 1.165) is 80.0 Å². The number of nitrogens with one attached hydrogen (secondary N) is 1. The summed E-state index contributed by atoms with van der Waals surface area (Å²) in [5, 5.41) is 3.49. The number of carbonyl (C=O) groups is 1. The minimum atomic E-state index is -0.480. The van der Waals surface area contributed by atoms with Gasteiger partial charge in [0.2, 0.25) is 0 Å². The van der Waals surface area contributed by atoms with Crippen LogP contribution in [0.5, 0.6) is 5.75 Å². The van der Waals surface area contributed by atoms with Crippen LogP contribution < -0.4 is 19.9 Å². The van der Waals surface area contributed by atoms with Crippen LogP contribution in [0.2, 0.25) is 0 Å². The van der Waals surface area contributed by atoms with Gasteiger partial charge in [-0.2, -0.15) is 0 Å². The number of hydrogen-bond acceptors (Lipinski definition) is 7. The number of nitrogens with zero attached hydrogens (tertiary/aromatic N) is 2. The van der Waals surface area contributed by atoms with Crippen molar-refractivity contribution in [2.24, 2.45) is 28.1 Å². The number of anilines is 6. The summed E-state index contributed by atoms with van der Waals surface area (Å²) >= 11 is 0. The Morgan fingerprint density at radius 1 is 0.628 bits per heavy atom. The molecule has 6 aromatic carbocycles. The molecular formula is C71H91N3O4. The summed E-state index contributed by atoms with van der Waals surface area (Å²) in [5.41, 5.74) is 9.40. The van der Waals surface area contributed by atoms with Gasteiger partial charge in [0.1, 0.15) is 5.75 Å². The van der Waals surface area contributed by atoms with Crippen LogP contribution >= 0.6 is 0 Å². The number of allylic oxidation sites excluding steroid dienone is 2. The van der Waals surface area contributed by atoms with Gasteiger partial charge in [0.25, 0.3) is 0 Å². The molecule has 0 bridgehead atoms. The molecule has 1 aliphatic rings. The molecule has 0 spiro atoms. The number of hydrogen-bond donors (Lipinski definition) is 1. The van der Waals surface area contributed by atoms with Crippen molar-refractivity contribution in [1.82, 2.24) is 0 Å². The molecule has 0 amide bonds. The van der Waals surface area contributed by atoms with Crippen molar-refractivity contribution in [3.8, 4) is 5.75 Å². The Hall–Kier alpha value is -6.57. The van der Waals surface area contributed by atoms with Crippen molar-refractivity contribution in [2.75, 3.05) is 41.5 Å². The van der Waals surface area contributed by atoms with E-state index in [1.165, 1.54) is 28.1 Å². The molecule has 0 saturated carbocycles. The van der Waals surface area contributed by atoms with Gasteiger partial charge < -0.3 is 29.3 Å². The highest BCUT2D eigenvalue weighted by Gasteiger charge is 2.52. The van der Waals surface area contributed by atoms with Crippen molar-refractivity contribution in [3.05, 3.63) is 193 Å². The standard InChI is InChI=1S/C71H91N3O4/c1-12-69(8,9)52-55(4)71(13-2,70(10,11)53-66(68(5,6)7)67(75)77-49-24-23-48-72-58-38-32-54(3)33-39-58)78-51-25-50-76-65-46-44-64(45-47-65)74(61-30-21-16-22-31-61)63-42-36-57(37-43-63)56-34-40-62(41-35-56)73(59-26-17-14-18-27-59)60-28-19-15-20-29-60/h14-22,26-40,42-47,55,62,66,72H,12-13,23-25,41,48-53H2,1-11H3. The third-order valence-corrected chi connectivity index (χ3v) is 16.5. The maximum absolute atomic E-state index is 14.1. The van der Waals surface area contributed by atoms with E-state index in [1.54, 1.807) is 0 Å². The van der Waals surface area contributed by atoms with Gasteiger partial charge in [-0.15, -0.1) is 0 Å². The van der Waals surface area contributed by atoms with Crippen LogP contribution in [-0.2, 0) is 14.3 Å². The molecule has 0 heterocycles. The summed E-state index contributed by atoms with van der Waals surface area (Å²) < 4.78 is 19.8. The number of benzene rings is 6. The lowest BCUT2D eigenvalue weighted by molar-refractivity contribution is -0.182. The molecule has 0 aromatic heterocycles. The SMILES string of the molecule is CCC(C)(C)CC(C)C(CC)(OCCCOc1ccc(N(c2ccccc2)c2ccc(C3=CCC(N(c4ccccc4)c4ccccc4)C=C3)cc2)cc1)C(C)(C)CC(C(=O)OCCCCNc1ccc(C)cc1)C(C)(C)C. The molecule has 78 heavy (non-hydrogen) atoms. The second-order valence-corrected chi connectivity index (χ2v) is 24.2. The molecular weight excluding hydrogens is 959 g/mol. The molecule has 7 rings (SSSR count). The van der Waals surface area contributed by atoms with Crippen molar-refractivity contribution in [2.45, 2.75) is 139 Å². The second kappa shape index (κ2) is 27.3. The smallest absolute Gasteiger partial charge is 0.309 e. The fraction of sp³-hybridized carbons (Fsp3) is 0.423. The third kappa shape index (κ3) is 15.6. The van der Waals surface area contributed by atoms with E-state index in [4.69, 9.17) is 14.2 Å². The Bertz CT molecular complexity index is 2760. The predicted molar refractivity (Wildman–Crippen MR) is 330 cm³/mol. The lowest BCUT2D eigenvalue weighted by Crippen LogP contribution is -2.54. The average Bonchev–Trinajstić information content (AvgIpc) is 3.56. The molecule has 4 unspecified atom stereocenters. The van der Waals surface area contributed by atoms with Crippen LogP contribution in [0.15, 0.2) is 182 Å². The number of carbonyl (C=O) groups excluding carboxylic acids is 1. The third-order valence-electron chi connectivity index (χ3n) is 16.5. The normalized spacial score (nSPS) is 15.4. The summed E-state index contributed by atoms with van der Waals surface area (Å²) in [7, 11) is 0. The zero-order chi connectivity index (χ0) is 55.8. The Balaban J connectivity index is 0.976. The fourth-order valence-corrected chi connectivity index (χ4v) is 11.6. The van der Waals surface area contributed by atoms with Gasteiger partial charge >= 0.3 is 5.97 Å². The minimum Gasteiger partial charge on any atom is -0.494 e. The van der Waals surface area contributed by atoms with E-state index in [9.17, 15) is 4.79 Å². The van der Waals surface area contributed by atoms with Gasteiger partial charge in [-0.3, -0.25) is 4.79 Å². The number of esters is 1. The molecule has 7 heteroatoms. The average molecular weight is 1050 g/mol. The van der Waals surface area contributed by atoms with Crippen molar-refractivity contribution < 1.29 is 19.0 Å². The Morgan fingerprint density at radius 2 is 1.19 bits per heavy atom. The maximum atomic E-state index is 14.1. The van der Waals surface area contributed by atoms with Gasteiger partial charge in [-0.05, 0) is 164 Å². The molecule has 0 saturated heterocycles. The highest BCUT2D eigenvalue weighted by Crippen LogP contribution is 2.52. The predicted octanol–water partition coefficient (Wildman–Crippen LogP) is 18.9. The van der Waals surface area contributed by atoms with Crippen LogP contribution in [0.1, 0.15) is 132 Å². The minimum absolute atomic E-state index is 0.104. The quantitative estimate of drug-likeness (QED) is 0.0388. The summed E-state index contributed by atoms with van der Waals surface area (Å²) in [6, 6.07) is 57.9. The number of rotatable bonds is 28. The fourth-order valence-electron chi connectivity index (χ4n) is 11.6. The molecule has 414 valence electrons. The lowest BCUT2D eigenvalue weighted by atomic mass is 9.58. The van der Waals surface area contributed by atoms with Crippen LogP contribution in [0.3, 0.4) is 0 Å². The molecule has 0 aliphatic heterocycles. The van der Waals surface area contributed by atoms with E-state index < -0.39 is 5.60 Å². The van der Waals surface area contributed by atoms with Gasteiger partial charge in [-0.1, -0.05) is 178 Å². The topological polar surface area (TPSA) is 63.3 Å². The zero-order valence-electron chi connectivity index (χ0n) is 49.1. The largest absolute Gasteiger partial charge is 0.494 e. The first kappa shape index (κ1) is 59.1. The van der Waals surface area contributed by atoms with Gasteiger partial charge in [-0.25, -0.2) is 0 Å². The number of para-hydroxylation sites is 3. The van der Waals surface area contributed by atoms with E-state index in [2.05, 4.69) is 273 Å². The maximum Gasteiger partial charge on any atom is 0.309 e. The molecule has 4 atom stereocenters. The van der Waals surface area contributed by atoms with Crippen LogP contribution in [0.25, 0.3) is 5.57 Å². The number of unbranched alkanes of at least 4 members (excludes halogenated alkanes) is 1. The van der Waals surface area contributed by atoms with Crippen LogP contribution in [0.4, 0.5) is 34.1 Å². The summed E-state index contributed by atoms with van der Waals surface area (Å²) in [6.07, 6.45) is 14.0. The van der Waals surface area contributed by atoms with E-state index in [-0.39, 0.29) is 40.1 Å².